The number of amides is 1. The molecule has 148 valence electrons. The Bertz CT molecular complexity index is 860. The second-order valence-electron chi connectivity index (χ2n) is 5.52. The summed E-state index contributed by atoms with van der Waals surface area (Å²) < 4.78 is 45.7. The Morgan fingerprint density at radius 3 is 2.59 bits per heavy atom. The van der Waals surface area contributed by atoms with E-state index in [0.717, 1.165) is 4.68 Å². The van der Waals surface area contributed by atoms with Crippen molar-refractivity contribution in [1.82, 2.24) is 19.6 Å². The summed E-state index contributed by atoms with van der Waals surface area (Å²) in [6.07, 6.45) is -3.62. The van der Waals surface area contributed by atoms with Gasteiger partial charge in [0.15, 0.2) is 5.69 Å². The Kier molecular flexibility index (Phi) is 6.14. The first-order valence-electron chi connectivity index (χ1n) is 7.85. The molecular weight excluding hydrogens is 391 g/mol. The van der Waals surface area contributed by atoms with Crippen molar-refractivity contribution in [2.45, 2.75) is 33.0 Å². The quantitative estimate of drug-likeness (QED) is 0.743. The van der Waals surface area contributed by atoms with Gasteiger partial charge in [-0.05, 0) is 13.8 Å². The summed E-state index contributed by atoms with van der Waals surface area (Å²) in [6, 6.07) is 0. The first-order chi connectivity index (χ1) is 12.6. The van der Waals surface area contributed by atoms with Crippen LogP contribution in [0.3, 0.4) is 0 Å². The molecule has 1 amide bonds. The molecule has 0 bridgehead atoms. The number of rotatable bonds is 6. The highest BCUT2D eigenvalue weighted by Gasteiger charge is 2.38. The average molecular weight is 408 g/mol. The van der Waals surface area contributed by atoms with Crippen LogP contribution in [0, 0.1) is 6.92 Å². The highest BCUT2D eigenvalue weighted by Crippen LogP contribution is 2.35. The first-order valence-corrected chi connectivity index (χ1v) is 8.23. The lowest BCUT2D eigenvalue weighted by Gasteiger charge is -2.09. The fourth-order valence-electron chi connectivity index (χ4n) is 2.27. The van der Waals surface area contributed by atoms with Gasteiger partial charge in [0.2, 0.25) is 5.91 Å². The van der Waals surface area contributed by atoms with E-state index in [1.165, 1.54) is 24.9 Å². The van der Waals surface area contributed by atoms with E-state index >= 15 is 0 Å². The number of alkyl halides is 3. The third kappa shape index (κ3) is 4.59. The molecule has 2 rings (SSSR count). The van der Waals surface area contributed by atoms with Crippen LogP contribution in [0.15, 0.2) is 6.20 Å². The lowest BCUT2D eigenvalue weighted by Crippen LogP contribution is -2.19. The van der Waals surface area contributed by atoms with E-state index < -0.39 is 28.8 Å². The molecule has 0 aliphatic heterocycles. The Morgan fingerprint density at radius 2 is 2.04 bits per heavy atom. The number of carbonyl (C=O) groups is 2. The lowest BCUT2D eigenvalue weighted by molar-refractivity contribution is -0.141. The van der Waals surface area contributed by atoms with Crippen LogP contribution in [-0.2, 0) is 29.3 Å². The second kappa shape index (κ2) is 7.99. The SMILES string of the molecule is CCOC(=O)c1cnn(C)c1NC(=O)CCn1nc(C(F)(F)F)c(Cl)c1C. The predicted molar refractivity (Wildman–Crippen MR) is 89.4 cm³/mol. The molecule has 0 aliphatic carbocycles. The maximum atomic E-state index is 12.8. The van der Waals surface area contributed by atoms with Gasteiger partial charge in [-0.2, -0.15) is 23.4 Å². The third-order valence-corrected chi connectivity index (χ3v) is 4.10. The molecule has 0 atom stereocenters. The van der Waals surface area contributed by atoms with Crippen molar-refractivity contribution in [3.63, 3.8) is 0 Å². The molecule has 8 nitrogen and oxygen atoms in total. The second-order valence-corrected chi connectivity index (χ2v) is 5.90. The average Bonchev–Trinajstić information content (AvgIpc) is 3.07. The van der Waals surface area contributed by atoms with E-state index in [1.807, 2.05) is 0 Å². The number of ether oxygens (including phenoxy) is 1. The summed E-state index contributed by atoms with van der Waals surface area (Å²) in [5.41, 5.74) is -1.02. The number of carbonyl (C=O) groups excluding carboxylic acids is 2. The largest absolute Gasteiger partial charge is 0.462 e. The molecule has 2 heterocycles. The number of aromatic nitrogens is 4. The van der Waals surface area contributed by atoms with Crippen molar-refractivity contribution in [1.29, 1.82) is 0 Å². The molecule has 0 saturated heterocycles. The number of aryl methyl sites for hydroxylation is 2. The van der Waals surface area contributed by atoms with Crippen LogP contribution < -0.4 is 5.32 Å². The van der Waals surface area contributed by atoms with Gasteiger partial charge in [-0.1, -0.05) is 11.6 Å². The molecule has 2 aromatic rings. The van der Waals surface area contributed by atoms with Crippen LogP contribution in [0.4, 0.5) is 19.0 Å². The zero-order valence-electron chi connectivity index (χ0n) is 14.7. The fourth-order valence-corrected chi connectivity index (χ4v) is 2.51. The molecular formula is C15H17ClF3N5O3. The van der Waals surface area contributed by atoms with Gasteiger partial charge in [0.05, 0.1) is 30.1 Å². The maximum absolute atomic E-state index is 12.8. The number of nitrogens with one attached hydrogen (secondary N) is 1. The highest BCUT2D eigenvalue weighted by molar-refractivity contribution is 6.31. The number of hydrogen-bond acceptors (Lipinski definition) is 5. The summed E-state index contributed by atoms with van der Waals surface area (Å²) in [5, 5.41) is 9.32. The van der Waals surface area contributed by atoms with Gasteiger partial charge in [0.1, 0.15) is 11.4 Å². The maximum Gasteiger partial charge on any atom is 0.436 e. The molecule has 0 spiro atoms. The molecule has 27 heavy (non-hydrogen) atoms. The van der Waals surface area contributed by atoms with Crippen molar-refractivity contribution >= 4 is 29.3 Å². The van der Waals surface area contributed by atoms with Crippen molar-refractivity contribution in [3.05, 3.63) is 28.2 Å². The zero-order chi connectivity index (χ0) is 20.4. The van der Waals surface area contributed by atoms with E-state index in [-0.39, 0.29) is 36.6 Å². The fraction of sp³-hybridized carbons (Fsp3) is 0.467. The van der Waals surface area contributed by atoms with Crippen LogP contribution in [0.25, 0.3) is 0 Å². The molecule has 0 aliphatic rings. The van der Waals surface area contributed by atoms with E-state index in [4.69, 9.17) is 16.3 Å². The van der Waals surface area contributed by atoms with E-state index in [2.05, 4.69) is 15.5 Å². The van der Waals surface area contributed by atoms with Gasteiger partial charge in [-0.15, -0.1) is 0 Å². The molecule has 0 radical (unpaired) electrons. The summed E-state index contributed by atoms with van der Waals surface area (Å²) in [4.78, 5) is 24.0. The monoisotopic (exact) mass is 407 g/mol. The number of esters is 1. The van der Waals surface area contributed by atoms with E-state index in [1.54, 1.807) is 6.92 Å². The van der Waals surface area contributed by atoms with Crippen LogP contribution >= 0.6 is 11.6 Å². The minimum Gasteiger partial charge on any atom is -0.462 e. The van der Waals surface area contributed by atoms with Crippen molar-refractivity contribution < 1.29 is 27.5 Å². The predicted octanol–water partition coefficient (Wildman–Crippen LogP) is 2.80. The van der Waals surface area contributed by atoms with Gasteiger partial charge in [0, 0.05) is 13.5 Å². The van der Waals surface area contributed by atoms with Crippen molar-refractivity contribution in [2.75, 3.05) is 11.9 Å². The molecule has 0 fully saturated rings. The minimum absolute atomic E-state index is 0.0744. The Hall–Kier alpha value is -2.56. The number of anilines is 1. The topological polar surface area (TPSA) is 91.0 Å². The Morgan fingerprint density at radius 1 is 1.37 bits per heavy atom. The van der Waals surface area contributed by atoms with Crippen LogP contribution in [-0.4, -0.2) is 38.0 Å². The number of halogens is 4. The molecule has 1 N–H and O–H groups in total. The van der Waals surface area contributed by atoms with Gasteiger partial charge in [-0.3, -0.25) is 14.2 Å². The molecule has 0 unspecified atom stereocenters. The first kappa shape index (κ1) is 20.7. The summed E-state index contributed by atoms with van der Waals surface area (Å²) in [5.74, 6) is -1.06. The van der Waals surface area contributed by atoms with E-state index in [0.29, 0.717) is 0 Å². The van der Waals surface area contributed by atoms with Crippen LogP contribution in [0.5, 0.6) is 0 Å². The summed E-state index contributed by atoms with van der Waals surface area (Å²) >= 11 is 5.67. The molecule has 12 heteroatoms. The number of hydrogen-bond donors (Lipinski definition) is 1. The third-order valence-electron chi connectivity index (χ3n) is 3.64. The van der Waals surface area contributed by atoms with Gasteiger partial charge >= 0.3 is 12.1 Å². The number of nitrogens with zero attached hydrogens (tertiary/aromatic N) is 4. The highest BCUT2D eigenvalue weighted by atomic mass is 35.5. The van der Waals surface area contributed by atoms with Crippen LogP contribution in [0.2, 0.25) is 5.02 Å². The van der Waals surface area contributed by atoms with Crippen LogP contribution in [0.1, 0.15) is 35.1 Å². The summed E-state index contributed by atoms with van der Waals surface area (Å²) in [7, 11) is 1.52. The molecule has 0 saturated carbocycles. The Balaban J connectivity index is 2.08. The van der Waals surface area contributed by atoms with Crippen molar-refractivity contribution in [2.24, 2.45) is 7.05 Å². The van der Waals surface area contributed by atoms with Crippen molar-refractivity contribution in [3.8, 4) is 0 Å². The van der Waals surface area contributed by atoms with Gasteiger partial charge < -0.3 is 10.1 Å². The smallest absolute Gasteiger partial charge is 0.436 e. The normalized spacial score (nSPS) is 11.5. The minimum atomic E-state index is -4.68. The zero-order valence-corrected chi connectivity index (χ0v) is 15.5. The molecule has 2 aromatic heterocycles. The lowest BCUT2D eigenvalue weighted by atomic mass is 10.3. The standard InChI is InChI=1S/C15H17ClF3N5O3/c1-4-27-14(26)9-7-20-23(3)13(9)21-10(25)5-6-24-8(2)11(16)12(22-24)15(17,18)19/h7H,4-6H2,1-3H3,(H,21,25). The Labute approximate surface area is 157 Å². The van der Waals surface area contributed by atoms with Gasteiger partial charge in [0.25, 0.3) is 0 Å². The molecule has 0 aromatic carbocycles. The van der Waals surface area contributed by atoms with E-state index in [9.17, 15) is 22.8 Å². The summed E-state index contributed by atoms with van der Waals surface area (Å²) in [6.45, 7) is 3.05. The van der Waals surface area contributed by atoms with Gasteiger partial charge in [-0.25, -0.2) is 4.79 Å².